The monoisotopic (exact) mass is 230 g/mol. The number of piperidine rings is 1. The first-order valence-electron chi connectivity index (χ1n) is 6.93. The third-order valence-electron chi connectivity index (χ3n) is 4.37. The van der Waals surface area contributed by atoms with Crippen LogP contribution in [0.15, 0.2) is 24.3 Å². The molecular formula is C15H22N2. The van der Waals surface area contributed by atoms with E-state index in [0.29, 0.717) is 6.04 Å². The van der Waals surface area contributed by atoms with Gasteiger partial charge in [0.2, 0.25) is 0 Å². The number of anilines is 1. The molecule has 0 bridgehead atoms. The second-order valence-corrected chi connectivity index (χ2v) is 5.54. The van der Waals surface area contributed by atoms with Gasteiger partial charge in [0.25, 0.3) is 0 Å². The lowest BCUT2D eigenvalue weighted by molar-refractivity contribution is 0.419. The lowest BCUT2D eigenvalue weighted by Crippen LogP contribution is -2.39. The first-order valence-corrected chi connectivity index (χ1v) is 6.93. The zero-order valence-corrected chi connectivity index (χ0v) is 10.4. The molecule has 2 heteroatoms. The highest BCUT2D eigenvalue weighted by atomic mass is 15.1. The van der Waals surface area contributed by atoms with Gasteiger partial charge < -0.3 is 10.6 Å². The lowest BCUT2D eigenvalue weighted by atomic mass is 9.80. The van der Waals surface area contributed by atoms with E-state index in [2.05, 4.69) is 29.2 Å². The van der Waals surface area contributed by atoms with Gasteiger partial charge in [-0.2, -0.15) is 0 Å². The maximum absolute atomic E-state index is 5.94. The Labute approximate surface area is 104 Å². The van der Waals surface area contributed by atoms with Gasteiger partial charge in [0.1, 0.15) is 0 Å². The molecule has 1 heterocycles. The zero-order valence-electron chi connectivity index (χ0n) is 10.4. The van der Waals surface area contributed by atoms with Crippen molar-refractivity contribution < 1.29 is 0 Å². The highest BCUT2D eigenvalue weighted by Gasteiger charge is 2.20. The zero-order chi connectivity index (χ0) is 11.7. The summed E-state index contributed by atoms with van der Waals surface area (Å²) < 4.78 is 0. The first kappa shape index (κ1) is 11.1. The second kappa shape index (κ2) is 4.69. The van der Waals surface area contributed by atoms with Crippen LogP contribution in [0.2, 0.25) is 0 Å². The quantitative estimate of drug-likeness (QED) is 0.846. The molecule has 1 aromatic carbocycles. The van der Waals surface area contributed by atoms with Gasteiger partial charge in [-0.25, -0.2) is 0 Å². The molecule has 2 fully saturated rings. The third-order valence-corrected chi connectivity index (χ3v) is 4.37. The Hall–Kier alpha value is -1.02. The van der Waals surface area contributed by atoms with Crippen molar-refractivity contribution in [3.63, 3.8) is 0 Å². The van der Waals surface area contributed by atoms with Gasteiger partial charge in [-0.05, 0) is 49.3 Å². The van der Waals surface area contributed by atoms with Crippen molar-refractivity contribution in [3.05, 3.63) is 29.8 Å². The maximum atomic E-state index is 5.94. The summed E-state index contributed by atoms with van der Waals surface area (Å²) >= 11 is 0. The highest BCUT2D eigenvalue weighted by molar-refractivity contribution is 5.48. The lowest BCUT2D eigenvalue weighted by Gasteiger charge is -2.32. The fourth-order valence-corrected chi connectivity index (χ4v) is 2.86. The fraction of sp³-hybridized carbons (Fsp3) is 0.600. The summed E-state index contributed by atoms with van der Waals surface area (Å²) in [5.74, 6) is 0.846. The normalized spacial score (nSPS) is 22.5. The van der Waals surface area contributed by atoms with Gasteiger partial charge in [-0.3, -0.25) is 0 Å². The van der Waals surface area contributed by atoms with Crippen LogP contribution in [-0.2, 0) is 0 Å². The summed E-state index contributed by atoms with van der Waals surface area (Å²) in [7, 11) is 0. The molecule has 0 unspecified atom stereocenters. The van der Waals surface area contributed by atoms with Crippen molar-refractivity contribution in [1.82, 2.24) is 0 Å². The Balaban J connectivity index is 1.67. The van der Waals surface area contributed by atoms with E-state index in [1.807, 2.05) is 0 Å². The molecule has 0 spiro atoms. The predicted octanol–water partition coefficient (Wildman–Crippen LogP) is 2.88. The number of nitrogens with zero attached hydrogens (tertiary/aromatic N) is 1. The van der Waals surface area contributed by atoms with Crippen LogP contribution in [-0.4, -0.2) is 19.1 Å². The molecular weight excluding hydrogens is 208 g/mol. The third kappa shape index (κ3) is 2.32. The first-order chi connectivity index (χ1) is 8.33. The smallest absolute Gasteiger partial charge is 0.0366 e. The molecule has 2 aliphatic rings. The summed E-state index contributed by atoms with van der Waals surface area (Å²) in [5.41, 5.74) is 8.85. The van der Waals surface area contributed by atoms with E-state index < -0.39 is 0 Å². The summed E-state index contributed by atoms with van der Waals surface area (Å²) in [5, 5.41) is 0. The molecule has 1 saturated heterocycles. The van der Waals surface area contributed by atoms with Crippen molar-refractivity contribution in [1.29, 1.82) is 0 Å². The largest absolute Gasteiger partial charge is 0.371 e. The van der Waals surface area contributed by atoms with E-state index in [1.54, 1.807) is 0 Å². The van der Waals surface area contributed by atoms with Crippen LogP contribution in [0.1, 0.15) is 43.6 Å². The maximum Gasteiger partial charge on any atom is 0.0366 e. The topological polar surface area (TPSA) is 29.3 Å². The Morgan fingerprint density at radius 2 is 1.59 bits per heavy atom. The molecule has 0 aromatic heterocycles. The Kier molecular flexibility index (Phi) is 3.06. The molecule has 3 rings (SSSR count). The number of hydrogen-bond donors (Lipinski definition) is 1. The standard InChI is InChI=1S/C15H22N2/c16-14-8-10-17(11-9-14)15-6-4-13(5-7-15)12-2-1-3-12/h4-7,12,14H,1-3,8-11,16H2. The summed E-state index contributed by atoms with van der Waals surface area (Å²) in [4.78, 5) is 2.47. The minimum absolute atomic E-state index is 0.417. The fourth-order valence-electron chi connectivity index (χ4n) is 2.86. The summed E-state index contributed by atoms with van der Waals surface area (Å²) in [6, 6.07) is 9.66. The van der Waals surface area contributed by atoms with Gasteiger partial charge in [0, 0.05) is 24.8 Å². The van der Waals surface area contributed by atoms with Crippen molar-refractivity contribution >= 4 is 5.69 Å². The number of hydrogen-bond acceptors (Lipinski definition) is 2. The molecule has 2 nitrogen and oxygen atoms in total. The van der Waals surface area contributed by atoms with Crippen molar-refractivity contribution in [2.24, 2.45) is 5.73 Å². The average Bonchev–Trinajstić information content (AvgIpc) is 2.29. The van der Waals surface area contributed by atoms with Crippen LogP contribution in [0, 0.1) is 0 Å². The van der Waals surface area contributed by atoms with Crippen LogP contribution >= 0.6 is 0 Å². The van der Waals surface area contributed by atoms with Crippen LogP contribution in [0.3, 0.4) is 0 Å². The van der Waals surface area contributed by atoms with Crippen LogP contribution < -0.4 is 10.6 Å². The Bertz CT molecular complexity index is 359. The van der Waals surface area contributed by atoms with E-state index in [1.165, 1.54) is 30.5 Å². The average molecular weight is 230 g/mol. The van der Waals surface area contributed by atoms with E-state index in [0.717, 1.165) is 31.8 Å². The predicted molar refractivity (Wildman–Crippen MR) is 72.5 cm³/mol. The molecule has 2 N–H and O–H groups in total. The Morgan fingerprint density at radius 1 is 0.941 bits per heavy atom. The second-order valence-electron chi connectivity index (χ2n) is 5.54. The van der Waals surface area contributed by atoms with Crippen molar-refractivity contribution in [2.45, 2.75) is 44.1 Å². The van der Waals surface area contributed by atoms with Crippen molar-refractivity contribution in [2.75, 3.05) is 18.0 Å². The minimum atomic E-state index is 0.417. The van der Waals surface area contributed by atoms with Crippen LogP contribution in [0.4, 0.5) is 5.69 Å². The Morgan fingerprint density at radius 3 is 2.12 bits per heavy atom. The molecule has 1 saturated carbocycles. The van der Waals surface area contributed by atoms with Gasteiger partial charge in [-0.1, -0.05) is 18.6 Å². The van der Waals surface area contributed by atoms with Crippen molar-refractivity contribution in [3.8, 4) is 0 Å². The molecule has 17 heavy (non-hydrogen) atoms. The molecule has 0 amide bonds. The van der Waals surface area contributed by atoms with E-state index in [9.17, 15) is 0 Å². The minimum Gasteiger partial charge on any atom is -0.371 e. The van der Waals surface area contributed by atoms with Gasteiger partial charge in [0.15, 0.2) is 0 Å². The van der Waals surface area contributed by atoms with Gasteiger partial charge >= 0.3 is 0 Å². The van der Waals surface area contributed by atoms with E-state index in [4.69, 9.17) is 5.73 Å². The molecule has 1 aromatic rings. The van der Waals surface area contributed by atoms with E-state index in [-0.39, 0.29) is 0 Å². The molecule has 1 aliphatic heterocycles. The van der Waals surface area contributed by atoms with E-state index >= 15 is 0 Å². The summed E-state index contributed by atoms with van der Waals surface area (Å²) in [6.45, 7) is 2.23. The molecule has 1 aliphatic carbocycles. The summed E-state index contributed by atoms with van der Waals surface area (Å²) in [6.07, 6.45) is 6.45. The highest BCUT2D eigenvalue weighted by Crippen LogP contribution is 2.36. The van der Waals surface area contributed by atoms with Gasteiger partial charge in [0.05, 0.1) is 0 Å². The van der Waals surface area contributed by atoms with Crippen LogP contribution in [0.5, 0.6) is 0 Å². The van der Waals surface area contributed by atoms with Crippen LogP contribution in [0.25, 0.3) is 0 Å². The molecule has 0 atom stereocenters. The molecule has 0 radical (unpaired) electrons. The van der Waals surface area contributed by atoms with Gasteiger partial charge in [-0.15, -0.1) is 0 Å². The number of benzene rings is 1. The number of rotatable bonds is 2. The molecule has 92 valence electrons. The SMILES string of the molecule is NC1CCN(c2ccc(C3CCC3)cc2)CC1. The number of nitrogens with two attached hydrogens (primary N) is 1.